The van der Waals surface area contributed by atoms with Crippen molar-refractivity contribution in [3.05, 3.63) is 77.4 Å². The van der Waals surface area contributed by atoms with E-state index in [-0.39, 0.29) is 13.0 Å². The third-order valence-electron chi connectivity index (χ3n) is 7.14. The summed E-state index contributed by atoms with van der Waals surface area (Å²) < 4.78 is 32.0. The van der Waals surface area contributed by atoms with Gasteiger partial charge < -0.3 is 19.3 Å². The first kappa shape index (κ1) is 32.8. The number of hydrogen-bond donors (Lipinski definition) is 1. The topological polar surface area (TPSA) is 102 Å². The SMILES string of the molecule is CN(C(=O)OC(C)(C)C)[C@](CC(C)(C)F)(C(=O)O)[C@@H](Cc1ccc(C2=CCOCC2)cc1)C(=O)OCc1ccccc1. The van der Waals surface area contributed by atoms with Gasteiger partial charge in [0.1, 0.15) is 17.9 Å². The lowest BCUT2D eigenvalue weighted by Crippen LogP contribution is -2.65. The molecule has 2 aromatic carbocycles. The van der Waals surface area contributed by atoms with Gasteiger partial charge in [0.25, 0.3) is 0 Å². The molecular weight excluding hydrogens is 541 g/mol. The normalized spacial score (nSPS) is 16.0. The van der Waals surface area contributed by atoms with E-state index >= 15 is 4.39 Å². The van der Waals surface area contributed by atoms with Crippen LogP contribution in [0.2, 0.25) is 0 Å². The molecule has 8 nitrogen and oxygen atoms in total. The molecule has 42 heavy (non-hydrogen) atoms. The Morgan fingerprint density at radius 1 is 1.00 bits per heavy atom. The van der Waals surface area contributed by atoms with Crippen LogP contribution in [-0.4, -0.2) is 65.1 Å². The molecule has 0 spiro atoms. The van der Waals surface area contributed by atoms with E-state index in [0.29, 0.717) is 24.3 Å². The van der Waals surface area contributed by atoms with Gasteiger partial charge >= 0.3 is 18.0 Å². The first-order chi connectivity index (χ1) is 19.6. The van der Waals surface area contributed by atoms with Crippen molar-refractivity contribution in [2.75, 3.05) is 20.3 Å². The van der Waals surface area contributed by atoms with Crippen LogP contribution in [0.5, 0.6) is 0 Å². The van der Waals surface area contributed by atoms with Gasteiger partial charge in [-0.1, -0.05) is 60.7 Å². The van der Waals surface area contributed by atoms with Gasteiger partial charge in [-0.25, -0.2) is 14.0 Å². The smallest absolute Gasteiger partial charge is 0.411 e. The summed E-state index contributed by atoms with van der Waals surface area (Å²) in [4.78, 5) is 41.3. The number of likely N-dealkylation sites (N-methyl/N-ethyl adjacent to an activating group) is 1. The Labute approximate surface area is 247 Å². The average molecular weight is 584 g/mol. The molecule has 1 amide bonds. The Bertz CT molecular complexity index is 1260. The fourth-order valence-electron chi connectivity index (χ4n) is 5.13. The molecule has 2 atom stereocenters. The number of alkyl halides is 1. The number of carbonyl (C=O) groups is 3. The van der Waals surface area contributed by atoms with Gasteiger partial charge in [-0.15, -0.1) is 0 Å². The lowest BCUT2D eigenvalue weighted by atomic mass is 9.73. The van der Waals surface area contributed by atoms with Crippen LogP contribution < -0.4 is 0 Å². The summed E-state index contributed by atoms with van der Waals surface area (Å²) in [6.45, 7) is 8.40. The number of carboxylic acids is 1. The van der Waals surface area contributed by atoms with Crippen LogP contribution in [0, 0.1) is 5.92 Å². The molecule has 0 unspecified atom stereocenters. The Hall–Kier alpha value is -3.72. The second kappa shape index (κ2) is 13.5. The minimum atomic E-state index is -2.34. The lowest BCUT2D eigenvalue weighted by molar-refractivity contribution is -0.171. The van der Waals surface area contributed by atoms with Crippen LogP contribution >= 0.6 is 0 Å². The average Bonchev–Trinajstić information content (AvgIpc) is 2.93. The maximum absolute atomic E-state index is 15.5. The molecule has 1 aliphatic rings. The molecule has 3 rings (SSSR count). The van der Waals surface area contributed by atoms with Crippen LogP contribution in [-0.2, 0) is 36.8 Å². The van der Waals surface area contributed by atoms with Gasteiger partial charge in [-0.05, 0) is 69.7 Å². The van der Waals surface area contributed by atoms with E-state index in [2.05, 4.69) is 0 Å². The number of rotatable bonds is 11. The quantitative estimate of drug-likeness (QED) is 0.313. The highest BCUT2D eigenvalue weighted by Gasteiger charge is 2.58. The highest BCUT2D eigenvalue weighted by Crippen LogP contribution is 2.39. The number of hydrogen-bond acceptors (Lipinski definition) is 6. The van der Waals surface area contributed by atoms with Crippen LogP contribution in [0.3, 0.4) is 0 Å². The number of benzene rings is 2. The molecule has 0 fully saturated rings. The minimum Gasteiger partial charge on any atom is -0.479 e. The van der Waals surface area contributed by atoms with Crippen molar-refractivity contribution in [3.8, 4) is 0 Å². The van der Waals surface area contributed by atoms with E-state index in [1.54, 1.807) is 45.0 Å². The molecule has 9 heteroatoms. The molecule has 0 saturated heterocycles. The number of aliphatic carboxylic acids is 1. The summed E-state index contributed by atoms with van der Waals surface area (Å²) in [5.41, 5.74) is -1.92. The van der Waals surface area contributed by atoms with Gasteiger partial charge in [-0.3, -0.25) is 9.69 Å². The predicted octanol–water partition coefficient (Wildman–Crippen LogP) is 6.22. The number of amides is 1. The Kier molecular flexibility index (Phi) is 10.5. The van der Waals surface area contributed by atoms with E-state index < -0.39 is 47.2 Å². The summed E-state index contributed by atoms with van der Waals surface area (Å²) in [6, 6.07) is 16.4. The van der Waals surface area contributed by atoms with Crippen LogP contribution in [0.15, 0.2) is 60.7 Å². The van der Waals surface area contributed by atoms with Crippen molar-refractivity contribution < 1.29 is 38.1 Å². The standard InChI is InChI=1S/C33H42FNO7/c1-31(2,3)42-30(39)35(6)33(29(37)38,22-32(4,5)34)27(28(36)41-21-24-10-8-7-9-11-24)20-23-12-14-25(15-13-23)26-16-18-40-19-17-26/h7-16,27H,17-22H2,1-6H3,(H,37,38)/t27-,33-/m0/s1. The van der Waals surface area contributed by atoms with E-state index in [9.17, 15) is 19.5 Å². The Morgan fingerprint density at radius 3 is 2.17 bits per heavy atom. The summed E-state index contributed by atoms with van der Waals surface area (Å²) in [5.74, 6) is -3.87. The number of carbonyl (C=O) groups excluding carboxylic acids is 2. The molecule has 228 valence electrons. The summed E-state index contributed by atoms with van der Waals surface area (Å²) >= 11 is 0. The summed E-state index contributed by atoms with van der Waals surface area (Å²) in [6.07, 6.45) is 0.989. The van der Waals surface area contributed by atoms with E-state index in [1.165, 1.54) is 20.9 Å². The van der Waals surface area contributed by atoms with Crippen molar-refractivity contribution in [1.29, 1.82) is 0 Å². The minimum absolute atomic E-state index is 0.115. The summed E-state index contributed by atoms with van der Waals surface area (Å²) in [5, 5.41) is 10.8. The van der Waals surface area contributed by atoms with Crippen LogP contribution in [0.4, 0.5) is 9.18 Å². The lowest BCUT2D eigenvalue weighted by Gasteiger charge is -2.44. The zero-order valence-electron chi connectivity index (χ0n) is 25.3. The predicted molar refractivity (Wildman–Crippen MR) is 157 cm³/mol. The molecule has 0 radical (unpaired) electrons. The van der Waals surface area contributed by atoms with Crippen molar-refractivity contribution in [1.82, 2.24) is 4.90 Å². The second-order valence-corrected chi connectivity index (χ2v) is 12.3. The third-order valence-corrected chi connectivity index (χ3v) is 7.14. The molecule has 1 N–H and O–H groups in total. The van der Waals surface area contributed by atoms with E-state index in [4.69, 9.17) is 14.2 Å². The van der Waals surface area contributed by atoms with Gasteiger partial charge in [-0.2, -0.15) is 0 Å². The number of carboxylic acid groups (broad SMARTS) is 1. The van der Waals surface area contributed by atoms with Gasteiger partial charge in [0, 0.05) is 13.5 Å². The summed E-state index contributed by atoms with van der Waals surface area (Å²) in [7, 11) is 1.23. The highest BCUT2D eigenvalue weighted by atomic mass is 19.1. The van der Waals surface area contributed by atoms with E-state index in [0.717, 1.165) is 22.5 Å². The molecule has 1 aliphatic heterocycles. The molecule has 0 aliphatic carbocycles. The van der Waals surface area contributed by atoms with E-state index in [1.807, 2.05) is 36.4 Å². The zero-order chi connectivity index (χ0) is 31.1. The molecule has 2 aromatic rings. The largest absolute Gasteiger partial charge is 0.479 e. The highest BCUT2D eigenvalue weighted by molar-refractivity contribution is 5.91. The maximum Gasteiger partial charge on any atom is 0.411 e. The van der Waals surface area contributed by atoms with Crippen LogP contribution in [0.25, 0.3) is 5.57 Å². The van der Waals surface area contributed by atoms with Crippen molar-refractivity contribution in [3.63, 3.8) is 0 Å². The molecule has 0 bridgehead atoms. The Balaban J connectivity index is 2.08. The van der Waals surface area contributed by atoms with Gasteiger partial charge in [0.2, 0.25) is 0 Å². The number of ether oxygens (including phenoxy) is 3. The second-order valence-electron chi connectivity index (χ2n) is 12.3. The van der Waals surface area contributed by atoms with Crippen molar-refractivity contribution in [2.45, 2.75) is 77.3 Å². The number of nitrogens with zero attached hydrogens (tertiary/aromatic N) is 1. The zero-order valence-corrected chi connectivity index (χ0v) is 25.3. The van der Waals surface area contributed by atoms with Crippen molar-refractivity contribution in [2.24, 2.45) is 5.92 Å². The molecule has 0 saturated carbocycles. The number of esters is 1. The molecule has 1 heterocycles. The molecular formula is C33H42FNO7. The van der Waals surface area contributed by atoms with Gasteiger partial charge in [0.05, 0.1) is 19.1 Å². The number of halogens is 1. The first-order valence-corrected chi connectivity index (χ1v) is 14.1. The fourth-order valence-corrected chi connectivity index (χ4v) is 5.13. The molecule has 0 aromatic heterocycles. The van der Waals surface area contributed by atoms with Gasteiger partial charge in [0.15, 0.2) is 5.54 Å². The third kappa shape index (κ3) is 8.64. The Morgan fingerprint density at radius 2 is 1.64 bits per heavy atom. The van der Waals surface area contributed by atoms with Crippen molar-refractivity contribution >= 4 is 23.6 Å². The maximum atomic E-state index is 15.5. The monoisotopic (exact) mass is 583 g/mol. The van der Waals surface area contributed by atoms with Crippen LogP contribution in [0.1, 0.15) is 64.2 Å². The fraction of sp³-hybridized carbons (Fsp3) is 0.485. The first-order valence-electron chi connectivity index (χ1n) is 14.1.